The number of anilines is 1. The Hall–Kier alpha value is -2.94. The van der Waals surface area contributed by atoms with Gasteiger partial charge in [0.15, 0.2) is 6.10 Å². The van der Waals surface area contributed by atoms with Crippen molar-refractivity contribution in [3.05, 3.63) is 63.6 Å². The van der Waals surface area contributed by atoms with Crippen LogP contribution in [-0.4, -0.2) is 34.1 Å². The summed E-state index contributed by atoms with van der Waals surface area (Å²) < 4.78 is 5.27. The minimum Gasteiger partial charge on any atom is -0.479 e. The topological polar surface area (TPSA) is 95.9 Å². The fourth-order valence-electron chi connectivity index (χ4n) is 2.61. The molecule has 0 saturated carbocycles. The van der Waals surface area contributed by atoms with Crippen LogP contribution in [0.4, 0.5) is 10.5 Å². The molecule has 1 heterocycles. The second-order valence-electron chi connectivity index (χ2n) is 6.20. The first-order valence-electron chi connectivity index (χ1n) is 8.54. The Morgan fingerprint density at radius 3 is 2.50 bits per heavy atom. The van der Waals surface area contributed by atoms with Crippen LogP contribution in [0.2, 0.25) is 10.0 Å². The molecular formula is C20H14Cl2N2O5S. The first-order chi connectivity index (χ1) is 14.2. The first kappa shape index (κ1) is 21.8. The van der Waals surface area contributed by atoms with Gasteiger partial charge >= 0.3 is 12.0 Å². The molecule has 10 heteroatoms. The summed E-state index contributed by atoms with van der Waals surface area (Å²) in [6.45, 7) is 1.41. The molecule has 1 fully saturated rings. The predicted molar refractivity (Wildman–Crippen MR) is 117 cm³/mol. The molecule has 0 radical (unpaired) electrons. The number of hydrogen-bond acceptors (Lipinski definition) is 5. The van der Waals surface area contributed by atoms with Gasteiger partial charge < -0.3 is 9.84 Å². The minimum atomic E-state index is -1.09. The van der Waals surface area contributed by atoms with Crippen LogP contribution >= 0.6 is 35.4 Å². The fraction of sp³-hybridized carbons (Fsp3) is 0.100. The van der Waals surface area contributed by atoms with Gasteiger partial charge in [-0.3, -0.25) is 15.0 Å². The predicted octanol–water partition coefficient (Wildman–Crippen LogP) is 4.31. The summed E-state index contributed by atoms with van der Waals surface area (Å²) in [6.07, 6.45) is 0.493. The average Bonchev–Trinajstić information content (AvgIpc) is 2.69. The van der Waals surface area contributed by atoms with E-state index in [0.717, 1.165) is 4.90 Å². The zero-order chi connectivity index (χ0) is 22.0. The molecule has 0 aromatic heterocycles. The van der Waals surface area contributed by atoms with Crippen LogP contribution < -0.4 is 15.0 Å². The molecule has 2 aromatic rings. The smallest absolute Gasteiger partial charge is 0.344 e. The maximum Gasteiger partial charge on any atom is 0.344 e. The van der Waals surface area contributed by atoms with Crippen LogP contribution in [-0.2, 0) is 9.59 Å². The number of aliphatic carboxylic acids is 1. The van der Waals surface area contributed by atoms with E-state index in [2.05, 4.69) is 5.32 Å². The third-order valence-corrected chi connectivity index (χ3v) is 5.34. The maximum absolute atomic E-state index is 12.4. The normalized spacial score (nSPS) is 16.4. The summed E-state index contributed by atoms with van der Waals surface area (Å²) in [6, 6.07) is 10.4. The number of carboxylic acids is 1. The Balaban J connectivity index is 1.91. The van der Waals surface area contributed by atoms with E-state index in [-0.39, 0.29) is 26.3 Å². The van der Waals surface area contributed by atoms with Gasteiger partial charge in [-0.1, -0.05) is 53.6 Å². The van der Waals surface area contributed by atoms with Crippen molar-refractivity contribution < 1.29 is 24.2 Å². The fourth-order valence-corrected chi connectivity index (χ4v) is 3.32. The lowest BCUT2D eigenvalue weighted by Gasteiger charge is -2.29. The van der Waals surface area contributed by atoms with Gasteiger partial charge in [0, 0.05) is 0 Å². The molecule has 3 amide bonds. The quantitative estimate of drug-likeness (QED) is 0.505. The van der Waals surface area contributed by atoms with Crippen molar-refractivity contribution in [2.75, 3.05) is 4.90 Å². The van der Waals surface area contributed by atoms with Crippen molar-refractivity contribution in [3.63, 3.8) is 0 Å². The van der Waals surface area contributed by atoms with Crippen molar-refractivity contribution in [3.8, 4) is 5.75 Å². The third-order valence-electron chi connectivity index (χ3n) is 4.13. The first-order valence-corrected chi connectivity index (χ1v) is 9.70. The number of nitrogens with one attached hydrogen (secondary N) is 1. The molecule has 1 aliphatic rings. The summed E-state index contributed by atoms with van der Waals surface area (Å²) in [7, 11) is 0. The molecule has 30 heavy (non-hydrogen) atoms. The minimum absolute atomic E-state index is 0.0345. The lowest BCUT2D eigenvalue weighted by Crippen LogP contribution is -2.53. The number of benzene rings is 2. The van der Waals surface area contributed by atoms with Gasteiger partial charge in [0.25, 0.3) is 5.91 Å². The molecule has 0 aliphatic carbocycles. The average molecular weight is 465 g/mol. The monoisotopic (exact) mass is 464 g/mol. The maximum atomic E-state index is 12.4. The van der Waals surface area contributed by atoms with Crippen LogP contribution in [0.15, 0.2) is 48.0 Å². The van der Waals surface area contributed by atoms with E-state index in [1.807, 2.05) is 0 Å². The van der Waals surface area contributed by atoms with E-state index in [4.69, 9.17) is 45.3 Å². The number of halogens is 2. The number of thiocarbonyl (C=S) groups is 1. The number of carbonyl (C=O) groups excluding carboxylic acids is 2. The number of amides is 3. The molecule has 7 nitrogen and oxygen atoms in total. The van der Waals surface area contributed by atoms with Gasteiger partial charge in [0.05, 0.1) is 21.3 Å². The van der Waals surface area contributed by atoms with Crippen molar-refractivity contribution in [2.24, 2.45) is 0 Å². The molecule has 0 spiro atoms. The lowest BCUT2D eigenvalue weighted by atomic mass is 10.1. The van der Waals surface area contributed by atoms with Gasteiger partial charge in [-0.2, -0.15) is 0 Å². The molecule has 1 aliphatic heterocycles. The molecule has 1 unspecified atom stereocenters. The van der Waals surface area contributed by atoms with Gasteiger partial charge in [0.2, 0.25) is 0 Å². The molecule has 3 rings (SSSR count). The Morgan fingerprint density at radius 1 is 1.20 bits per heavy atom. The van der Waals surface area contributed by atoms with Crippen LogP contribution in [0.1, 0.15) is 12.5 Å². The molecule has 1 saturated heterocycles. The van der Waals surface area contributed by atoms with E-state index < -0.39 is 24.0 Å². The number of imide groups is 1. The zero-order valence-electron chi connectivity index (χ0n) is 15.4. The lowest BCUT2D eigenvalue weighted by molar-refractivity contribution is -0.144. The van der Waals surface area contributed by atoms with Gasteiger partial charge in [-0.05, 0) is 42.8 Å². The van der Waals surface area contributed by atoms with Crippen molar-refractivity contribution in [1.82, 2.24) is 5.32 Å². The van der Waals surface area contributed by atoms with Crippen molar-refractivity contribution in [1.29, 1.82) is 0 Å². The van der Waals surface area contributed by atoms with Crippen LogP contribution in [0, 0.1) is 0 Å². The SMILES string of the molecule is CC(Oc1ccc(/C=C2\C(=O)NC(=O)N(c3cccc(Cl)c3Cl)C2=S)cc1)C(=O)O. The van der Waals surface area contributed by atoms with Gasteiger partial charge in [0.1, 0.15) is 10.7 Å². The standard InChI is InChI=1S/C20H14Cl2N2O5S/c1-10(19(26)27)29-12-7-5-11(6-8-12)9-13-17(25)23-20(28)24(18(13)30)15-4-2-3-14(21)16(15)22/h2-10H,1H3,(H,26,27)(H,23,25,28)/b13-9+. The zero-order valence-corrected chi connectivity index (χ0v) is 17.7. The van der Waals surface area contributed by atoms with E-state index in [9.17, 15) is 14.4 Å². The van der Waals surface area contributed by atoms with Crippen molar-refractivity contribution in [2.45, 2.75) is 13.0 Å². The van der Waals surface area contributed by atoms with E-state index in [1.165, 1.54) is 13.0 Å². The van der Waals surface area contributed by atoms with Crippen LogP contribution in [0.3, 0.4) is 0 Å². The summed E-state index contributed by atoms with van der Waals surface area (Å²) >= 11 is 17.6. The van der Waals surface area contributed by atoms with Crippen LogP contribution in [0.25, 0.3) is 6.08 Å². The number of urea groups is 1. The van der Waals surface area contributed by atoms with Gasteiger partial charge in [-0.25, -0.2) is 9.59 Å². The largest absolute Gasteiger partial charge is 0.479 e. The number of nitrogens with zero attached hydrogens (tertiary/aromatic N) is 1. The number of ether oxygens (including phenoxy) is 1. The highest BCUT2D eigenvalue weighted by atomic mass is 35.5. The molecule has 154 valence electrons. The highest BCUT2D eigenvalue weighted by Crippen LogP contribution is 2.34. The number of hydrogen-bond donors (Lipinski definition) is 2. The molecular weight excluding hydrogens is 451 g/mol. The third kappa shape index (κ3) is 4.46. The number of rotatable bonds is 5. The molecule has 1 atom stereocenters. The summed E-state index contributed by atoms with van der Waals surface area (Å²) in [5, 5.41) is 11.5. The van der Waals surface area contributed by atoms with E-state index in [1.54, 1.807) is 42.5 Å². The Bertz CT molecular complexity index is 1090. The second kappa shape index (κ2) is 8.83. The number of carbonyl (C=O) groups is 3. The Kier molecular flexibility index (Phi) is 6.40. The van der Waals surface area contributed by atoms with E-state index >= 15 is 0 Å². The van der Waals surface area contributed by atoms with Crippen molar-refractivity contribution >= 4 is 70.1 Å². The Morgan fingerprint density at radius 2 is 1.87 bits per heavy atom. The molecule has 2 N–H and O–H groups in total. The van der Waals surface area contributed by atoms with Crippen LogP contribution in [0.5, 0.6) is 5.75 Å². The Labute approximate surface area is 186 Å². The number of carboxylic acid groups (broad SMARTS) is 1. The summed E-state index contributed by atoms with van der Waals surface area (Å²) in [5.41, 5.74) is 0.911. The molecule has 0 bridgehead atoms. The summed E-state index contributed by atoms with van der Waals surface area (Å²) in [4.78, 5) is 36.7. The highest BCUT2D eigenvalue weighted by Gasteiger charge is 2.35. The van der Waals surface area contributed by atoms with Gasteiger partial charge in [-0.15, -0.1) is 0 Å². The summed E-state index contributed by atoms with van der Waals surface area (Å²) in [5.74, 6) is -1.39. The molecule has 2 aromatic carbocycles. The second-order valence-corrected chi connectivity index (χ2v) is 7.37. The van der Waals surface area contributed by atoms with E-state index in [0.29, 0.717) is 11.3 Å². The highest BCUT2D eigenvalue weighted by molar-refractivity contribution is 7.81.